The van der Waals surface area contributed by atoms with Gasteiger partial charge in [-0.1, -0.05) is 56.3 Å². The van der Waals surface area contributed by atoms with E-state index in [9.17, 15) is 14.4 Å². The first-order chi connectivity index (χ1) is 17.4. The van der Waals surface area contributed by atoms with E-state index in [0.29, 0.717) is 38.3 Å². The fraction of sp³-hybridized carbons (Fsp3) is 0.483. The predicted molar refractivity (Wildman–Crippen MR) is 136 cm³/mol. The highest BCUT2D eigenvalue weighted by atomic mass is 16.5. The number of morpholine rings is 1. The number of hydrogen-bond donors (Lipinski definition) is 1. The summed E-state index contributed by atoms with van der Waals surface area (Å²) < 4.78 is 5.41. The van der Waals surface area contributed by atoms with Crippen LogP contribution >= 0.6 is 0 Å². The van der Waals surface area contributed by atoms with Crippen molar-refractivity contribution in [3.8, 4) is 0 Å². The van der Waals surface area contributed by atoms with Gasteiger partial charge in [0.25, 0.3) is 5.91 Å². The second-order valence-corrected chi connectivity index (χ2v) is 10.6. The van der Waals surface area contributed by atoms with Gasteiger partial charge in [0, 0.05) is 25.2 Å². The standard InChI is InChI=1S/C29H35N3O4/c1-19(2)15-25-27(33)30-26(23-16-20-7-3-4-8-21(20)17-23)29(35)32(25)18-22-9-5-6-10-24(22)28(34)31-11-13-36-14-12-31/h3-10,19,23,25-26H,11-18H2,1-2H3,(H,30,33)/t25-,26-/m1/s1. The van der Waals surface area contributed by atoms with Gasteiger partial charge in [-0.2, -0.15) is 0 Å². The molecular weight excluding hydrogens is 454 g/mol. The third kappa shape index (κ3) is 4.89. The van der Waals surface area contributed by atoms with E-state index in [2.05, 4.69) is 31.3 Å². The number of ether oxygens (including phenoxy) is 1. The smallest absolute Gasteiger partial charge is 0.254 e. The van der Waals surface area contributed by atoms with Crippen molar-refractivity contribution in [3.05, 3.63) is 70.8 Å². The van der Waals surface area contributed by atoms with Gasteiger partial charge in [-0.05, 0) is 53.9 Å². The lowest BCUT2D eigenvalue weighted by atomic mass is 9.89. The topological polar surface area (TPSA) is 79.0 Å². The maximum atomic E-state index is 14.0. The van der Waals surface area contributed by atoms with Gasteiger partial charge in [0.15, 0.2) is 0 Å². The molecule has 1 N–H and O–H groups in total. The van der Waals surface area contributed by atoms with Crippen molar-refractivity contribution in [1.82, 2.24) is 15.1 Å². The Labute approximate surface area is 212 Å². The van der Waals surface area contributed by atoms with E-state index in [0.717, 1.165) is 18.4 Å². The zero-order valence-electron chi connectivity index (χ0n) is 21.1. The maximum Gasteiger partial charge on any atom is 0.254 e. The molecule has 36 heavy (non-hydrogen) atoms. The van der Waals surface area contributed by atoms with Gasteiger partial charge in [-0.15, -0.1) is 0 Å². The number of fused-ring (bicyclic) bond motifs is 1. The minimum atomic E-state index is -0.560. The lowest BCUT2D eigenvalue weighted by Crippen LogP contribution is -2.65. The first kappa shape index (κ1) is 24.5. The Bertz CT molecular complexity index is 1120. The number of benzene rings is 2. The van der Waals surface area contributed by atoms with Gasteiger partial charge < -0.3 is 19.9 Å². The summed E-state index contributed by atoms with van der Waals surface area (Å²) >= 11 is 0. The molecule has 0 spiro atoms. The average Bonchev–Trinajstić information content (AvgIpc) is 3.32. The highest BCUT2D eigenvalue weighted by Gasteiger charge is 2.45. The Balaban J connectivity index is 1.42. The van der Waals surface area contributed by atoms with Crippen molar-refractivity contribution in [2.75, 3.05) is 26.3 Å². The van der Waals surface area contributed by atoms with Crippen LogP contribution in [0.1, 0.15) is 47.3 Å². The highest BCUT2D eigenvalue weighted by Crippen LogP contribution is 2.32. The molecule has 0 saturated carbocycles. The first-order valence-electron chi connectivity index (χ1n) is 13.0. The molecule has 7 heteroatoms. The Morgan fingerprint density at radius 1 is 1.00 bits per heavy atom. The van der Waals surface area contributed by atoms with Crippen molar-refractivity contribution in [2.45, 2.75) is 51.7 Å². The summed E-state index contributed by atoms with van der Waals surface area (Å²) in [5.74, 6) is 0.0825. The van der Waals surface area contributed by atoms with Crippen molar-refractivity contribution in [2.24, 2.45) is 11.8 Å². The number of rotatable bonds is 6. The molecule has 3 aliphatic rings. The Morgan fingerprint density at radius 2 is 1.64 bits per heavy atom. The average molecular weight is 490 g/mol. The normalized spacial score (nSPS) is 22.6. The molecule has 0 bridgehead atoms. The van der Waals surface area contributed by atoms with Crippen LogP contribution in [0.5, 0.6) is 0 Å². The predicted octanol–water partition coefficient (Wildman–Crippen LogP) is 2.82. The van der Waals surface area contributed by atoms with Gasteiger partial charge in [0.05, 0.1) is 13.2 Å². The molecule has 0 aromatic heterocycles. The molecule has 2 aromatic carbocycles. The van der Waals surface area contributed by atoms with Crippen molar-refractivity contribution >= 4 is 17.7 Å². The van der Waals surface area contributed by atoms with E-state index >= 15 is 0 Å². The van der Waals surface area contributed by atoms with Crippen LogP contribution in [0, 0.1) is 11.8 Å². The molecule has 2 aromatic rings. The number of hydrogen-bond acceptors (Lipinski definition) is 4. The van der Waals surface area contributed by atoms with Crippen LogP contribution in [0.3, 0.4) is 0 Å². The molecule has 2 aliphatic heterocycles. The monoisotopic (exact) mass is 489 g/mol. The molecule has 2 fully saturated rings. The van der Waals surface area contributed by atoms with Crippen LogP contribution < -0.4 is 5.32 Å². The fourth-order valence-electron chi connectivity index (χ4n) is 5.79. The van der Waals surface area contributed by atoms with Gasteiger partial charge >= 0.3 is 0 Å². The van der Waals surface area contributed by atoms with Crippen LogP contribution in [-0.4, -0.2) is 65.9 Å². The van der Waals surface area contributed by atoms with Gasteiger partial charge in [-0.3, -0.25) is 14.4 Å². The molecule has 7 nitrogen and oxygen atoms in total. The van der Waals surface area contributed by atoms with E-state index in [4.69, 9.17) is 4.74 Å². The van der Waals surface area contributed by atoms with Crippen molar-refractivity contribution < 1.29 is 19.1 Å². The Hall–Kier alpha value is -3.19. The Morgan fingerprint density at radius 3 is 2.31 bits per heavy atom. The van der Waals surface area contributed by atoms with Gasteiger partial charge in [0.1, 0.15) is 12.1 Å². The minimum absolute atomic E-state index is 0.0339. The summed E-state index contributed by atoms with van der Waals surface area (Å²) in [6.07, 6.45) is 2.14. The lowest BCUT2D eigenvalue weighted by Gasteiger charge is -2.42. The molecule has 0 radical (unpaired) electrons. The number of carbonyl (C=O) groups is 3. The third-order valence-electron chi connectivity index (χ3n) is 7.66. The minimum Gasteiger partial charge on any atom is -0.378 e. The van der Waals surface area contributed by atoms with E-state index in [-0.39, 0.29) is 36.1 Å². The quantitative estimate of drug-likeness (QED) is 0.677. The van der Waals surface area contributed by atoms with Crippen LogP contribution in [0.25, 0.3) is 0 Å². The van der Waals surface area contributed by atoms with E-state index in [1.54, 1.807) is 9.80 Å². The van der Waals surface area contributed by atoms with Crippen molar-refractivity contribution in [1.29, 1.82) is 0 Å². The van der Waals surface area contributed by atoms with Crippen LogP contribution in [-0.2, 0) is 33.7 Å². The van der Waals surface area contributed by atoms with E-state index in [1.807, 2.05) is 36.4 Å². The molecule has 190 valence electrons. The third-order valence-corrected chi connectivity index (χ3v) is 7.66. The molecule has 3 amide bonds. The summed E-state index contributed by atoms with van der Waals surface area (Å²) in [4.78, 5) is 44.3. The second kappa shape index (κ2) is 10.4. The number of amides is 3. The second-order valence-electron chi connectivity index (χ2n) is 10.6. The lowest BCUT2D eigenvalue weighted by molar-refractivity contribution is -0.152. The maximum absolute atomic E-state index is 14.0. The summed E-state index contributed by atoms with van der Waals surface area (Å²) in [5, 5.41) is 3.08. The molecular formula is C29H35N3O4. The molecule has 2 saturated heterocycles. The summed E-state index contributed by atoms with van der Waals surface area (Å²) in [5.41, 5.74) is 3.87. The van der Waals surface area contributed by atoms with Gasteiger partial charge in [0.2, 0.25) is 11.8 Å². The highest BCUT2D eigenvalue weighted by molar-refractivity contribution is 5.98. The number of carbonyl (C=O) groups excluding carboxylic acids is 3. The largest absolute Gasteiger partial charge is 0.378 e. The summed E-state index contributed by atoms with van der Waals surface area (Å²) in [6, 6.07) is 14.6. The van der Waals surface area contributed by atoms with Gasteiger partial charge in [-0.25, -0.2) is 0 Å². The number of nitrogens with zero attached hydrogens (tertiary/aromatic N) is 2. The number of nitrogens with one attached hydrogen (secondary N) is 1. The van der Waals surface area contributed by atoms with Crippen LogP contribution in [0.2, 0.25) is 0 Å². The Kier molecular flexibility index (Phi) is 7.10. The summed E-state index contributed by atoms with van der Waals surface area (Å²) in [7, 11) is 0. The van der Waals surface area contributed by atoms with Crippen LogP contribution in [0.15, 0.2) is 48.5 Å². The molecule has 5 rings (SSSR count). The molecule has 2 heterocycles. The first-order valence-corrected chi connectivity index (χ1v) is 13.0. The SMILES string of the molecule is CC(C)C[C@@H]1C(=O)N[C@H](C2Cc3ccccc3C2)C(=O)N1Cc1ccccc1C(=O)N1CCOCC1. The fourth-order valence-corrected chi connectivity index (χ4v) is 5.79. The molecule has 0 unspecified atom stereocenters. The molecule has 1 aliphatic carbocycles. The number of piperazine rings is 1. The van der Waals surface area contributed by atoms with E-state index in [1.165, 1.54) is 11.1 Å². The van der Waals surface area contributed by atoms with Crippen molar-refractivity contribution in [3.63, 3.8) is 0 Å². The zero-order chi connectivity index (χ0) is 25.2. The van der Waals surface area contributed by atoms with Crippen LogP contribution in [0.4, 0.5) is 0 Å². The van der Waals surface area contributed by atoms with E-state index < -0.39 is 12.1 Å². The summed E-state index contributed by atoms with van der Waals surface area (Å²) in [6.45, 7) is 6.53. The zero-order valence-corrected chi connectivity index (χ0v) is 21.1. The molecule has 2 atom stereocenters.